The first-order valence-corrected chi connectivity index (χ1v) is 9.34. The Bertz CT molecular complexity index is 981. The molecule has 0 atom stereocenters. The largest absolute Gasteiger partial charge is 0.352 e. The molecule has 28 heavy (non-hydrogen) atoms. The number of carbonyl (C=O) groups is 2. The number of aryl methyl sites for hydroxylation is 2. The summed E-state index contributed by atoms with van der Waals surface area (Å²) in [6.07, 6.45) is 0.763. The van der Waals surface area contributed by atoms with Crippen LogP contribution >= 0.6 is 0 Å². The lowest BCUT2D eigenvalue weighted by atomic mass is 10.1. The van der Waals surface area contributed by atoms with Gasteiger partial charge in [0.25, 0.3) is 11.8 Å². The van der Waals surface area contributed by atoms with Gasteiger partial charge in [0, 0.05) is 23.4 Å². The van der Waals surface area contributed by atoms with Crippen LogP contribution in [0.3, 0.4) is 0 Å². The molecule has 142 valence electrons. The minimum atomic E-state index is -0.234. The second-order valence-electron chi connectivity index (χ2n) is 6.83. The van der Waals surface area contributed by atoms with Gasteiger partial charge < -0.3 is 10.6 Å². The molecule has 0 aliphatic carbocycles. The van der Waals surface area contributed by atoms with Crippen molar-refractivity contribution >= 4 is 17.5 Å². The molecule has 0 spiro atoms. The predicted molar refractivity (Wildman–Crippen MR) is 113 cm³/mol. The van der Waals surface area contributed by atoms with Crippen LogP contribution in [0.1, 0.15) is 37.4 Å². The third kappa shape index (κ3) is 5.07. The Balaban J connectivity index is 1.61. The molecule has 3 aromatic rings. The average molecular weight is 372 g/mol. The van der Waals surface area contributed by atoms with Crippen LogP contribution in [-0.4, -0.2) is 18.4 Å². The van der Waals surface area contributed by atoms with E-state index in [4.69, 9.17) is 0 Å². The quantitative estimate of drug-likeness (QED) is 0.668. The first kappa shape index (κ1) is 19.4. The van der Waals surface area contributed by atoms with E-state index in [0.717, 1.165) is 17.7 Å². The van der Waals surface area contributed by atoms with Crippen LogP contribution in [0.5, 0.6) is 0 Å². The Morgan fingerprint density at radius 3 is 2.18 bits per heavy atom. The zero-order chi connectivity index (χ0) is 19.9. The summed E-state index contributed by atoms with van der Waals surface area (Å²) in [5.74, 6) is -0.418. The molecular formula is C24H24N2O2. The van der Waals surface area contributed by atoms with Crippen molar-refractivity contribution in [3.05, 3.63) is 101 Å². The predicted octanol–water partition coefficient (Wildman–Crippen LogP) is 4.53. The zero-order valence-electron chi connectivity index (χ0n) is 16.2. The first-order chi connectivity index (χ1) is 13.5. The number of benzene rings is 3. The van der Waals surface area contributed by atoms with Gasteiger partial charge in [-0.2, -0.15) is 0 Å². The van der Waals surface area contributed by atoms with Crippen molar-refractivity contribution in [2.24, 2.45) is 0 Å². The maximum atomic E-state index is 12.5. The van der Waals surface area contributed by atoms with E-state index in [1.807, 2.05) is 62.4 Å². The molecule has 0 unspecified atom stereocenters. The molecule has 0 fully saturated rings. The monoisotopic (exact) mass is 372 g/mol. The Hall–Kier alpha value is -3.40. The van der Waals surface area contributed by atoms with Crippen LogP contribution in [0, 0.1) is 13.8 Å². The molecule has 0 radical (unpaired) electrons. The molecule has 0 aliphatic rings. The van der Waals surface area contributed by atoms with E-state index in [2.05, 4.69) is 10.6 Å². The molecule has 0 bridgehead atoms. The molecule has 2 N–H and O–H groups in total. The highest BCUT2D eigenvalue weighted by atomic mass is 16.2. The molecule has 0 heterocycles. The summed E-state index contributed by atoms with van der Waals surface area (Å²) >= 11 is 0. The van der Waals surface area contributed by atoms with Crippen LogP contribution in [-0.2, 0) is 6.42 Å². The number of nitrogens with one attached hydrogen (secondary N) is 2. The molecule has 0 saturated carbocycles. The molecule has 0 aromatic heterocycles. The van der Waals surface area contributed by atoms with Crippen molar-refractivity contribution in [3.8, 4) is 0 Å². The van der Waals surface area contributed by atoms with Gasteiger partial charge in [-0.25, -0.2) is 0 Å². The topological polar surface area (TPSA) is 58.2 Å². The molecule has 0 saturated heterocycles. The molecule has 3 rings (SSSR count). The van der Waals surface area contributed by atoms with Gasteiger partial charge in [0.2, 0.25) is 0 Å². The van der Waals surface area contributed by atoms with Gasteiger partial charge in [-0.3, -0.25) is 9.59 Å². The van der Waals surface area contributed by atoms with E-state index in [1.165, 1.54) is 11.1 Å². The standard InChI is InChI=1S/C24H24N2O2/c1-17-11-12-22(15-18(17)2)26-24(28)21-10-6-9-20(16-21)23(27)25-14-13-19-7-4-3-5-8-19/h3-12,15-16H,13-14H2,1-2H3,(H,25,27)(H,26,28). The minimum Gasteiger partial charge on any atom is -0.352 e. The summed E-state index contributed by atoms with van der Waals surface area (Å²) in [4.78, 5) is 24.9. The van der Waals surface area contributed by atoms with Gasteiger partial charge in [0.1, 0.15) is 0 Å². The summed E-state index contributed by atoms with van der Waals surface area (Å²) in [5, 5.41) is 5.79. The van der Waals surface area contributed by atoms with E-state index < -0.39 is 0 Å². The fourth-order valence-electron chi connectivity index (χ4n) is 2.89. The van der Waals surface area contributed by atoms with Gasteiger partial charge in [-0.05, 0) is 67.3 Å². The summed E-state index contributed by atoms with van der Waals surface area (Å²) in [7, 11) is 0. The fourth-order valence-corrected chi connectivity index (χ4v) is 2.89. The summed E-state index contributed by atoms with van der Waals surface area (Å²) in [6, 6.07) is 22.5. The maximum absolute atomic E-state index is 12.5. The van der Waals surface area contributed by atoms with E-state index in [9.17, 15) is 9.59 Å². The number of anilines is 1. The van der Waals surface area contributed by atoms with Crippen LogP contribution in [0.15, 0.2) is 72.8 Å². The van der Waals surface area contributed by atoms with E-state index >= 15 is 0 Å². The van der Waals surface area contributed by atoms with Crippen molar-refractivity contribution in [2.45, 2.75) is 20.3 Å². The number of hydrogen-bond donors (Lipinski definition) is 2. The minimum absolute atomic E-state index is 0.184. The van der Waals surface area contributed by atoms with Crippen LogP contribution in [0.2, 0.25) is 0 Å². The highest BCUT2D eigenvalue weighted by Crippen LogP contribution is 2.16. The fraction of sp³-hybridized carbons (Fsp3) is 0.167. The average Bonchev–Trinajstić information content (AvgIpc) is 2.71. The normalized spacial score (nSPS) is 10.4. The van der Waals surface area contributed by atoms with Gasteiger partial charge in [-0.1, -0.05) is 42.5 Å². The van der Waals surface area contributed by atoms with E-state index in [-0.39, 0.29) is 11.8 Å². The lowest BCUT2D eigenvalue weighted by Gasteiger charge is -2.09. The van der Waals surface area contributed by atoms with Crippen molar-refractivity contribution in [1.29, 1.82) is 0 Å². The number of rotatable bonds is 6. The van der Waals surface area contributed by atoms with Gasteiger partial charge in [0.15, 0.2) is 0 Å². The summed E-state index contributed by atoms with van der Waals surface area (Å²) < 4.78 is 0. The van der Waals surface area contributed by atoms with Crippen LogP contribution < -0.4 is 10.6 Å². The van der Waals surface area contributed by atoms with Crippen LogP contribution in [0.4, 0.5) is 5.69 Å². The Morgan fingerprint density at radius 2 is 1.46 bits per heavy atom. The lowest BCUT2D eigenvalue weighted by Crippen LogP contribution is -2.26. The summed E-state index contributed by atoms with van der Waals surface area (Å²) in [6.45, 7) is 4.58. The summed E-state index contributed by atoms with van der Waals surface area (Å²) in [5.41, 5.74) is 5.13. The second kappa shape index (κ2) is 9.00. The van der Waals surface area contributed by atoms with E-state index in [0.29, 0.717) is 17.7 Å². The Labute approximate surface area is 165 Å². The molecule has 2 amide bonds. The zero-order valence-corrected chi connectivity index (χ0v) is 16.2. The lowest BCUT2D eigenvalue weighted by molar-refractivity contribution is 0.0954. The van der Waals surface area contributed by atoms with Crippen molar-refractivity contribution in [2.75, 3.05) is 11.9 Å². The van der Waals surface area contributed by atoms with Crippen molar-refractivity contribution in [3.63, 3.8) is 0 Å². The smallest absolute Gasteiger partial charge is 0.255 e. The molecular weight excluding hydrogens is 348 g/mol. The molecule has 4 heteroatoms. The van der Waals surface area contributed by atoms with E-state index in [1.54, 1.807) is 24.3 Å². The van der Waals surface area contributed by atoms with Crippen molar-refractivity contribution < 1.29 is 9.59 Å². The van der Waals surface area contributed by atoms with Crippen LogP contribution in [0.25, 0.3) is 0 Å². The van der Waals surface area contributed by atoms with Gasteiger partial charge in [0.05, 0.1) is 0 Å². The molecule has 4 nitrogen and oxygen atoms in total. The number of hydrogen-bond acceptors (Lipinski definition) is 2. The Morgan fingerprint density at radius 1 is 0.750 bits per heavy atom. The van der Waals surface area contributed by atoms with Crippen molar-refractivity contribution in [1.82, 2.24) is 5.32 Å². The highest BCUT2D eigenvalue weighted by molar-refractivity contribution is 6.06. The van der Waals surface area contributed by atoms with Gasteiger partial charge >= 0.3 is 0 Å². The van der Waals surface area contributed by atoms with Gasteiger partial charge in [-0.15, -0.1) is 0 Å². The third-order valence-corrected chi connectivity index (χ3v) is 4.69. The Kier molecular flexibility index (Phi) is 6.22. The maximum Gasteiger partial charge on any atom is 0.255 e. The molecule has 0 aliphatic heterocycles. The number of carbonyl (C=O) groups excluding carboxylic acids is 2. The first-order valence-electron chi connectivity index (χ1n) is 9.34. The molecule has 3 aromatic carbocycles. The SMILES string of the molecule is Cc1ccc(NC(=O)c2cccc(C(=O)NCCc3ccccc3)c2)cc1C. The third-order valence-electron chi connectivity index (χ3n) is 4.69. The number of amides is 2. The second-order valence-corrected chi connectivity index (χ2v) is 6.83. The highest BCUT2D eigenvalue weighted by Gasteiger charge is 2.11.